The van der Waals surface area contributed by atoms with Gasteiger partial charge < -0.3 is 14.2 Å². The summed E-state index contributed by atoms with van der Waals surface area (Å²) in [5.74, 6) is 4.28. The van der Waals surface area contributed by atoms with E-state index in [2.05, 4.69) is 39.7 Å². The van der Waals surface area contributed by atoms with Crippen LogP contribution in [0.4, 0.5) is 5.82 Å². The van der Waals surface area contributed by atoms with Crippen molar-refractivity contribution in [2.75, 3.05) is 25.1 Å². The third-order valence-corrected chi connectivity index (χ3v) is 7.23. The Morgan fingerprint density at radius 1 is 1.03 bits per heavy atom. The molecule has 1 saturated carbocycles. The molecule has 0 spiro atoms. The number of anilines is 1. The maximum Gasteiger partial charge on any atom is 0.229 e. The maximum absolute atomic E-state index is 5.50. The van der Waals surface area contributed by atoms with Gasteiger partial charge in [0.1, 0.15) is 17.3 Å². The fraction of sp³-hybridized carbons (Fsp3) is 0.417. The SMILES string of the molecule is COCc1nc(N2CCC(c3noc(C4CC4)n3)CC2)c2c(-c3ccccc3)csc2n1. The lowest BCUT2D eigenvalue weighted by Crippen LogP contribution is -2.34. The second-order valence-corrected chi connectivity index (χ2v) is 9.48. The molecule has 2 fully saturated rings. The summed E-state index contributed by atoms with van der Waals surface area (Å²) in [4.78, 5) is 17.8. The zero-order valence-corrected chi connectivity index (χ0v) is 18.8. The third kappa shape index (κ3) is 3.67. The zero-order chi connectivity index (χ0) is 21.5. The molecule has 0 N–H and O–H groups in total. The van der Waals surface area contributed by atoms with Gasteiger partial charge in [-0.2, -0.15) is 4.98 Å². The summed E-state index contributed by atoms with van der Waals surface area (Å²) in [6, 6.07) is 10.5. The normalized spacial score (nSPS) is 17.3. The number of aromatic nitrogens is 4. The number of hydrogen-bond donors (Lipinski definition) is 0. The number of fused-ring (bicyclic) bond motifs is 1. The highest BCUT2D eigenvalue weighted by Crippen LogP contribution is 2.41. The molecule has 164 valence electrons. The van der Waals surface area contributed by atoms with Crippen LogP contribution in [-0.2, 0) is 11.3 Å². The van der Waals surface area contributed by atoms with Gasteiger partial charge in [0, 0.05) is 43.0 Å². The van der Waals surface area contributed by atoms with Crippen LogP contribution in [0.3, 0.4) is 0 Å². The minimum absolute atomic E-state index is 0.342. The van der Waals surface area contributed by atoms with Crippen LogP contribution in [0.5, 0.6) is 0 Å². The molecule has 8 heteroatoms. The molecule has 1 aliphatic carbocycles. The Labute approximate surface area is 190 Å². The highest BCUT2D eigenvalue weighted by molar-refractivity contribution is 7.17. The number of hydrogen-bond acceptors (Lipinski definition) is 8. The molecular weight excluding hydrogens is 422 g/mol. The molecule has 0 atom stereocenters. The monoisotopic (exact) mass is 447 g/mol. The lowest BCUT2D eigenvalue weighted by Gasteiger charge is -2.32. The van der Waals surface area contributed by atoms with Crippen molar-refractivity contribution < 1.29 is 9.26 Å². The first-order valence-electron chi connectivity index (χ1n) is 11.2. The summed E-state index contributed by atoms with van der Waals surface area (Å²) in [6.45, 7) is 2.21. The van der Waals surface area contributed by atoms with Gasteiger partial charge >= 0.3 is 0 Å². The Hall–Kier alpha value is -2.84. The maximum atomic E-state index is 5.50. The highest BCUT2D eigenvalue weighted by Gasteiger charge is 2.32. The largest absolute Gasteiger partial charge is 0.377 e. The number of benzene rings is 1. The Morgan fingerprint density at radius 3 is 2.59 bits per heavy atom. The topological polar surface area (TPSA) is 77.2 Å². The predicted octanol–water partition coefficient (Wildman–Crippen LogP) is 5.15. The van der Waals surface area contributed by atoms with Crippen molar-refractivity contribution in [1.29, 1.82) is 0 Å². The summed E-state index contributed by atoms with van der Waals surface area (Å²) in [5.41, 5.74) is 2.39. The summed E-state index contributed by atoms with van der Waals surface area (Å²) in [6.07, 6.45) is 4.33. The number of methoxy groups -OCH3 is 1. The number of thiophene rings is 1. The molecule has 1 aliphatic heterocycles. The van der Waals surface area contributed by atoms with E-state index < -0.39 is 0 Å². The Morgan fingerprint density at radius 2 is 1.84 bits per heavy atom. The van der Waals surface area contributed by atoms with Crippen molar-refractivity contribution in [3.05, 3.63) is 53.3 Å². The Balaban J connectivity index is 1.31. The summed E-state index contributed by atoms with van der Waals surface area (Å²) < 4.78 is 10.8. The predicted molar refractivity (Wildman–Crippen MR) is 124 cm³/mol. The van der Waals surface area contributed by atoms with Crippen LogP contribution in [0, 0.1) is 0 Å². The van der Waals surface area contributed by atoms with Gasteiger partial charge in [-0.1, -0.05) is 35.5 Å². The van der Waals surface area contributed by atoms with E-state index in [4.69, 9.17) is 24.2 Å². The fourth-order valence-corrected chi connectivity index (χ4v) is 5.44. The molecule has 1 aromatic carbocycles. The molecule has 7 nitrogen and oxygen atoms in total. The van der Waals surface area contributed by atoms with Crippen LogP contribution in [0.2, 0.25) is 0 Å². The molecule has 4 heterocycles. The molecular formula is C24H25N5O2S. The first-order chi connectivity index (χ1) is 15.8. The van der Waals surface area contributed by atoms with Crippen molar-refractivity contribution in [2.24, 2.45) is 0 Å². The van der Waals surface area contributed by atoms with Gasteiger partial charge in [0.2, 0.25) is 5.89 Å². The number of nitrogens with zero attached hydrogens (tertiary/aromatic N) is 5. The fourth-order valence-electron chi connectivity index (χ4n) is 4.48. The molecule has 6 rings (SSSR count). The average molecular weight is 448 g/mol. The van der Waals surface area contributed by atoms with Gasteiger partial charge in [0.15, 0.2) is 11.6 Å². The Kier molecular flexibility index (Phi) is 5.11. The van der Waals surface area contributed by atoms with Gasteiger partial charge in [0.25, 0.3) is 0 Å². The van der Waals surface area contributed by atoms with E-state index in [0.717, 1.165) is 59.5 Å². The van der Waals surface area contributed by atoms with Gasteiger partial charge in [-0.25, -0.2) is 9.97 Å². The molecule has 3 aromatic heterocycles. The van der Waals surface area contributed by atoms with Crippen LogP contribution in [0.1, 0.15) is 55.1 Å². The van der Waals surface area contributed by atoms with Crippen LogP contribution in [0.25, 0.3) is 21.3 Å². The van der Waals surface area contributed by atoms with Crippen molar-refractivity contribution in [3.63, 3.8) is 0 Å². The smallest absolute Gasteiger partial charge is 0.229 e. The van der Waals surface area contributed by atoms with E-state index in [-0.39, 0.29) is 0 Å². The van der Waals surface area contributed by atoms with Crippen LogP contribution in [-0.4, -0.2) is 40.3 Å². The van der Waals surface area contributed by atoms with Gasteiger partial charge in [-0.05, 0) is 31.2 Å². The second kappa shape index (κ2) is 8.26. The molecule has 0 unspecified atom stereocenters. The molecule has 0 bridgehead atoms. The number of rotatable bonds is 6. The van der Waals surface area contributed by atoms with E-state index in [1.807, 2.05) is 6.07 Å². The summed E-state index contributed by atoms with van der Waals surface area (Å²) >= 11 is 1.67. The molecule has 4 aromatic rings. The molecule has 0 radical (unpaired) electrons. The lowest BCUT2D eigenvalue weighted by atomic mass is 9.95. The van der Waals surface area contributed by atoms with Gasteiger partial charge in [0.05, 0.1) is 5.39 Å². The van der Waals surface area contributed by atoms with Gasteiger partial charge in [-0.3, -0.25) is 0 Å². The van der Waals surface area contributed by atoms with E-state index >= 15 is 0 Å². The van der Waals surface area contributed by atoms with Crippen LogP contribution in [0.15, 0.2) is 40.2 Å². The van der Waals surface area contributed by atoms with E-state index in [1.165, 1.54) is 24.0 Å². The van der Waals surface area contributed by atoms with Crippen LogP contribution >= 0.6 is 11.3 Å². The quantitative estimate of drug-likeness (QED) is 0.404. The summed E-state index contributed by atoms with van der Waals surface area (Å²) in [5, 5.41) is 7.62. The standard InChI is InChI=1S/C24H25N5O2S/c1-30-13-19-25-22(20-18(14-32-24(20)26-19)15-5-3-2-4-6-15)29-11-9-16(10-12-29)21-27-23(31-28-21)17-7-8-17/h2-6,14,16-17H,7-13H2,1H3. The number of piperidine rings is 1. The Bertz CT molecular complexity index is 1230. The summed E-state index contributed by atoms with van der Waals surface area (Å²) in [7, 11) is 1.68. The van der Waals surface area contributed by atoms with Crippen molar-refractivity contribution in [2.45, 2.75) is 44.1 Å². The molecule has 32 heavy (non-hydrogen) atoms. The lowest BCUT2D eigenvalue weighted by molar-refractivity contribution is 0.178. The van der Waals surface area contributed by atoms with E-state index in [9.17, 15) is 0 Å². The molecule has 1 saturated heterocycles. The minimum Gasteiger partial charge on any atom is -0.377 e. The van der Waals surface area contributed by atoms with Crippen molar-refractivity contribution in [1.82, 2.24) is 20.1 Å². The zero-order valence-electron chi connectivity index (χ0n) is 18.0. The molecule has 0 amide bonds. The first kappa shape index (κ1) is 19.8. The first-order valence-corrected chi connectivity index (χ1v) is 12.1. The highest BCUT2D eigenvalue weighted by atomic mass is 32.1. The third-order valence-electron chi connectivity index (χ3n) is 6.36. The minimum atomic E-state index is 0.342. The second-order valence-electron chi connectivity index (χ2n) is 8.62. The van der Waals surface area contributed by atoms with E-state index in [1.54, 1.807) is 18.4 Å². The van der Waals surface area contributed by atoms with E-state index in [0.29, 0.717) is 18.4 Å². The van der Waals surface area contributed by atoms with Crippen molar-refractivity contribution >= 4 is 27.4 Å². The average Bonchev–Trinajstić information content (AvgIpc) is 3.41. The molecule has 2 aliphatic rings. The van der Waals surface area contributed by atoms with Crippen molar-refractivity contribution in [3.8, 4) is 11.1 Å². The van der Waals surface area contributed by atoms with Gasteiger partial charge in [-0.15, -0.1) is 11.3 Å². The van der Waals surface area contributed by atoms with Crippen LogP contribution < -0.4 is 4.90 Å². The number of ether oxygens (including phenoxy) is 1.